The first kappa shape index (κ1) is 15.8. The van der Waals surface area contributed by atoms with Gasteiger partial charge in [-0.2, -0.15) is 23.4 Å². The van der Waals surface area contributed by atoms with E-state index in [0.717, 1.165) is 0 Å². The summed E-state index contributed by atoms with van der Waals surface area (Å²) in [6, 6.07) is 4.27. The van der Waals surface area contributed by atoms with Gasteiger partial charge in [0.15, 0.2) is 0 Å². The Kier molecular flexibility index (Phi) is 3.38. The third-order valence-electron chi connectivity index (χ3n) is 4.27. The lowest BCUT2D eigenvalue weighted by Gasteiger charge is -2.30. The summed E-state index contributed by atoms with van der Waals surface area (Å²) in [5.74, 6) is -1.25. The number of carboxylic acids is 1. The maximum absolute atomic E-state index is 13.7. The van der Waals surface area contributed by atoms with Gasteiger partial charge in [-0.05, 0) is 18.6 Å². The van der Waals surface area contributed by atoms with Crippen molar-refractivity contribution in [2.24, 2.45) is 10.2 Å². The van der Waals surface area contributed by atoms with E-state index < -0.39 is 23.3 Å². The average molecular weight is 328 g/mol. The number of aryl methyl sites for hydroxylation is 1. The molecule has 1 unspecified atom stereocenters. The molecule has 0 spiro atoms. The molecule has 0 saturated heterocycles. The maximum atomic E-state index is 13.7. The molecule has 1 aliphatic carbocycles. The number of halogens is 3. The first-order valence-corrected chi connectivity index (χ1v) is 7.19. The van der Waals surface area contributed by atoms with Crippen LogP contribution in [0, 0.1) is 6.92 Å². The minimum absolute atomic E-state index is 0.0309. The summed E-state index contributed by atoms with van der Waals surface area (Å²) in [4.78, 5) is 11.3. The number of hydrogen-bond acceptors (Lipinski definition) is 4. The molecule has 1 N–H and O–H groups in total. The second-order valence-corrected chi connectivity index (χ2v) is 5.97. The Bertz CT molecular complexity index is 683. The zero-order valence-electron chi connectivity index (χ0n) is 12.4. The lowest BCUT2D eigenvalue weighted by Crippen LogP contribution is -2.40. The molecule has 0 bridgehead atoms. The second kappa shape index (κ2) is 4.94. The van der Waals surface area contributed by atoms with E-state index in [-0.39, 0.29) is 37.1 Å². The van der Waals surface area contributed by atoms with E-state index in [4.69, 9.17) is 4.74 Å². The summed E-state index contributed by atoms with van der Waals surface area (Å²) < 4.78 is 46.5. The van der Waals surface area contributed by atoms with Gasteiger partial charge in [-0.25, -0.2) is 4.79 Å². The standard InChI is InChI=1S/C15H15F3N2O3/c1-9-2-3-10(14(15(16,17)18)6-7-19-20-14)11(8-9)23-13(4-5-13)12(21)22/h2-3,8H,4-7H2,1H3,(H,21,22). The van der Waals surface area contributed by atoms with Crippen LogP contribution in [0.15, 0.2) is 28.4 Å². The van der Waals surface area contributed by atoms with Gasteiger partial charge >= 0.3 is 12.1 Å². The van der Waals surface area contributed by atoms with Crippen molar-refractivity contribution in [1.29, 1.82) is 0 Å². The average Bonchev–Trinajstić information content (AvgIpc) is 3.05. The third kappa shape index (κ3) is 2.46. The normalized spacial score (nSPS) is 25.4. The van der Waals surface area contributed by atoms with Crippen molar-refractivity contribution in [3.63, 3.8) is 0 Å². The van der Waals surface area contributed by atoms with E-state index in [0.29, 0.717) is 5.56 Å². The quantitative estimate of drug-likeness (QED) is 0.918. The second-order valence-electron chi connectivity index (χ2n) is 5.97. The number of alkyl halides is 3. The number of aliphatic carboxylic acids is 1. The molecule has 0 aromatic heterocycles. The van der Waals surface area contributed by atoms with Crippen LogP contribution in [-0.2, 0) is 10.3 Å². The Morgan fingerprint density at radius 2 is 2.00 bits per heavy atom. The number of carbonyl (C=O) groups is 1. The van der Waals surface area contributed by atoms with Crippen LogP contribution in [0.3, 0.4) is 0 Å². The zero-order valence-corrected chi connectivity index (χ0v) is 12.4. The number of rotatable bonds is 4. The Morgan fingerprint density at radius 1 is 1.30 bits per heavy atom. The summed E-state index contributed by atoms with van der Waals surface area (Å²) in [5, 5.41) is 16.2. The van der Waals surface area contributed by atoms with E-state index in [1.165, 1.54) is 18.2 Å². The summed E-state index contributed by atoms with van der Waals surface area (Å²) in [6.07, 6.45) is -4.40. The fraction of sp³-hybridized carbons (Fsp3) is 0.533. The topological polar surface area (TPSA) is 71.2 Å². The molecule has 0 radical (unpaired) electrons. The molecule has 2 aliphatic rings. The van der Waals surface area contributed by atoms with Crippen molar-refractivity contribution in [1.82, 2.24) is 0 Å². The third-order valence-corrected chi connectivity index (χ3v) is 4.27. The molecule has 5 nitrogen and oxygen atoms in total. The molecular weight excluding hydrogens is 313 g/mol. The molecule has 1 aromatic carbocycles. The highest BCUT2D eigenvalue weighted by atomic mass is 19.4. The van der Waals surface area contributed by atoms with Crippen LogP contribution in [0.2, 0.25) is 0 Å². The first-order valence-electron chi connectivity index (χ1n) is 7.19. The van der Waals surface area contributed by atoms with E-state index >= 15 is 0 Å². The predicted octanol–water partition coefficient (Wildman–Crippen LogP) is 3.60. The molecule has 1 aliphatic heterocycles. The number of azo groups is 1. The highest BCUT2D eigenvalue weighted by Crippen LogP contribution is 2.52. The molecule has 1 atom stereocenters. The van der Waals surface area contributed by atoms with Crippen molar-refractivity contribution in [2.75, 3.05) is 6.54 Å². The predicted molar refractivity (Wildman–Crippen MR) is 73.5 cm³/mol. The molecule has 0 amide bonds. The molecule has 124 valence electrons. The van der Waals surface area contributed by atoms with Crippen molar-refractivity contribution >= 4 is 5.97 Å². The highest BCUT2D eigenvalue weighted by molar-refractivity contribution is 5.81. The number of ether oxygens (including phenoxy) is 1. The van der Waals surface area contributed by atoms with Gasteiger partial charge in [0.1, 0.15) is 5.75 Å². The van der Waals surface area contributed by atoms with Gasteiger partial charge in [-0.3, -0.25) is 0 Å². The number of hydrogen-bond donors (Lipinski definition) is 1. The monoisotopic (exact) mass is 328 g/mol. The molecule has 1 fully saturated rings. The Morgan fingerprint density at radius 3 is 2.48 bits per heavy atom. The molecule has 1 saturated carbocycles. The number of benzene rings is 1. The van der Waals surface area contributed by atoms with Crippen LogP contribution in [0.5, 0.6) is 5.75 Å². The maximum Gasteiger partial charge on any atom is 0.419 e. The van der Waals surface area contributed by atoms with Crippen LogP contribution in [0.1, 0.15) is 30.4 Å². The molecule has 1 heterocycles. The van der Waals surface area contributed by atoms with E-state index in [9.17, 15) is 23.1 Å². The fourth-order valence-electron chi connectivity index (χ4n) is 2.71. The van der Waals surface area contributed by atoms with Gasteiger partial charge in [0.25, 0.3) is 0 Å². The highest BCUT2D eigenvalue weighted by Gasteiger charge is 2.61. The van der Waals surface area contributed by atoms with Gasteiger partial charge < -0.3 is 9.84 Å². The minimum atomic E-state index is -4.64. The first-order chi connectivity index (χ1) is 10.7. The lowest BCUT2D eigenvalue weighted by atomic mass is 9.86. The van der Waals surface area contributed by atoms with Gasteiger partial charge in [0.05, 0.1) is 6.54 Å². The van der Waals surface area contributed by atoms with Gasteiger partial charge in [0, 0.05) is 24.8 Å². The Labute approximate surface area is 130 Å². The molecular formula is C15H15F3N2O3. The van der Waals surface area contributed by atoms with E-state index in [1.54, 1.807) is 6.92 Å². The number of nitrogens with zero attached hydrogens (tertiary/aromatic N) is 2. The smallest absolute Gasteiger partial charge is 0.419 e. The van der Waals surface area contributed by atoms with Crippen LogP contribution >= 0.6 is 0 Å². The minimum Gasteiger partial charge on any atom is -0.478 e. The van der Waals surface area contributed by atoms with Gasteiger partial charge in [-0.1, -0.05) is 12.1 Å². The lowest BCUT2D eigenvalue weighted by molar-refractivity contribution is -0.188. The van der Waals surface area contributed by atoms with Gasteiger partial charge in [0.2, 0.25) is 11.1 Å². The zero-order chi connectivity index (χ0) is 16.9. The fourth-order valence-corrected chi connectivity index (χ4v) is 2.71. The van der Waals surface area contributed by atoms with Crippen molar-refractivity contribution in [3.8, 4) is 5.75 Å². The molecule has 3 rings (SSSR count). The summed E-state index contributed by atoms with van der Waals surface area (Å²) >= 11 is 0. The SMILES string of the molecule is Cc1ccc(C2(C(F)(F)F)CCN=N2)c(OC2(C(=O)O)CC2)c1. The van der Waals surface area contributed by atoms with E-state index in [1.807, 2.05) is 0 Å². The van der Waals surface area contributed by atoms with Crippen molar-refractivity contribution in [2.45, 2.75) is 43.5 Å². The number of carboxylic acid groups (broad SMARTS) is 1. The summed E-state index contributed by atoms with van der Waals surface area (Å²) in [6.45, 7) is 1.67. The summed E-state index contributed by atoms with van der Waals surface area (Å²) in [5.41, 5.74) is -3.39. The van der Waals surface area contributed by atoms with Gasteiger partial charge in [-0.15, -0.1) is 0 Å². The molecule has 23 heavy (non-hydrogen) atoms. The van der Waals surface area contributed by atoms with Crippen LogP contribution in [0.25, 0.3) is 0 Å². The molecule has 1 aromatic rings. The van der Waals surface area contributed by atoms with Crippen LogP contribution < -0.4 is 4.74 Å². The van der Waals surface area contributed by atoms with Crippen molar-refractivity contribution in [3.05, 3.63) is 29.3 Å². The Hall–Kier alpha value is -2.12. The van der Waals surface area contributed by atoms with Crippen LogP contribution in [-0.4, -0.2) is 29.4 Å². The largest absolute Gasteiger partial charge is 0.478 e. The Balaban J connectivity index is 2.09. The van der Waals surface area contributed by atoms with E-state index in [2.05, 4.69) is 10.2 Å². The molecule has 8 heteroatoms. The summed E-state index contributed by atoms with van der Waals surface area (Å²) in [7, 11) is 0. The van der Waals surface area contributed by atoms with Crippen molar-refractivity contribution < 1.29 is 27.8 Å². The van der Waals surface area contributed by atoms with Crippen LogP contribution in [0.4, 0.5) is 13.2 Å².